The third-order valence-corrected chi connectivity index (χ3v) is 3.40. The highest BCUT2D eigenvalue weighted by atomic mass is 32.2. The number of fused-ring (bicyclic) bond motifs is 1. The highest BCUT2D eigenvalue weighted by Gasteiger charge is 2.20. The van der Waals surface area contributed by atoms with Crippen molar-refractivity contribution in [1.82, 2.24) is 0 Å². The Balaban J connectivity index is 2.07. The minimum Gasteiger partial charge on any atom is -0.458 e. The molecule has 0 aliphatic carbocycles. The molecule has 1 aliphatic rings. The molecule has 2 atom stereocenters. The predicted octanol–water partition coefficient (Wildman–Crippen LogP) is 1.57. The second-order valence-corrected chi connectivity index (χ2v) is 6.27. The molecule has 2 rings (SSSR count). The normalized spacial score (nSPS) is 16.8. The first-order chi connectivity index (χ1) is 9.37. The van der Waals surface area contributed by atoms with Crippen LogP contribution in [0.2, 0.25) is 0 Å². The first kappa shape index (κ1) is 14.8. The van der Waals surface area contributed by atoms with Crippen molar-refractivity contribution in [3.63, 3.8) is 0 Å². The van der Waals surface area contributed by atoms with Crippen molar-refractivity contribution < 1.29 is 27.2 Å². The molecule has 1 N–H and O–H groups in total. The van der Waals surface area contributed by atoms with Crippen molar-refractivity contribution in [2.75, 3.05) is 12.9 Å². The number of aliphatic hydroxyl groups excluding tert-OH is 1. The van der Waals surface area contributed by atoms with E-state index in [2.05, 4.69) is 0 Å². The Morgan fingerprint density at radius 3 is 2.55 bits per heavy atom. The first-order valence-corrected chi connectivity index (χ1v) is 7.83. The minimum atomic E-state index is -3.51. The number of hydrogen-bond donors (Lipinski definition) is 1. The summed E-state index contributed by atoms with van der Waals surface area (Å²) in [4.78, 5) is 0. The van der Waals surface area contributed by atoms with Crippen LogP contribution in [0.15, 0.2) is 30.7 Å². The van der Waals surface area contributed by atoms with Gasteiger partial charge in [-0.25, -0.2) is 0 Å². The van der Waals surface area contributed by atoms with Gasteiger partial charge in [0.15, 0.2) is 11.5 Å². The number of rotatable bonds is 5. The zero-order chi connectivity index (χ0) is 14.8. The maximum atomic E-state index is 10.9. The summed E-state index contributed by atoms with van der Waals surface area (Å²) in [7, 11) is -3.51. The quantitative estimate of drug-likeness (QED) is 0.831. The molecule has 6 nitrogen and oxygen atoms in total. The highest BCUT2D eigenvalue weighted by molar-refractivity contribution is 7.85. The first-order valence-electron chi connectivity index (χ1n) is 6.01. The van der Waals surface area contributed by atoms with E-state index in [1.165, 1.54) is 12.5 Å². The lowest BCUT2D eigenvalue weighted by Gasteiger charge is -2.20. The Morgan fingerprint density at radius 1 is 1.25 bits per heavy atom. The van der Waals surface area contributed by atoms with Gasteiger partial charge in [0.25, 0.3) is 10.1 Å². The summed E-state index contributed by atoms with van der Waals surface area (Å²) in [6.07, 6.45) is 2.93. The van der Waals surface area contributed by atoms with Crippen LogP contribution in [-0.4, -0.2) is 26.4 Å². The zero-order valence-electron chi connectivity index (χ0n) is 11.1. The summed E-state index contributed by atoms with van der Waals surface area (Å²) < 4.78 is 37.1. The molecular formula is C13H16O6S. The zero-order valence-corrected chi connectivity index (χ0v) is 12.0. The van der Waals surface area contributed by atoms with Crippen LogP contribution < -0.4 is 9.47 Å². The molecule has 0 aromatic heterocycles. The lowest BCUT2D eigenvalue weighted by molar-refractivity contribution is 0.0865. The number of benzene rings is 1. The molecular weight excluding hydrogens is 284 g/mol. The van der Waals surface area contributed by atoms with Gasteiger partial charge in [-0.15, -0.1) is 0 Å². The molecule has 0 spiro atoms. The average molecular weight is 300 g/mol. The maximum absolute atomic E-state index is 10.9. The molecule has 0 saturated carbocycles. The Morgan fingerprint density at radius 2 is 1.90 bits per heavy atom. The lowest BCUT2D eigenvalue weighted by Crippen LogP contribution is -2.18. The molecule has 0 unspecified atom stereocenters. The molecule has 0 amide bonds. The largest absolute Gasteiger partial charge is 0.458 e. The van der Waals surface area contributed by atoms with E-state index in [1.54, 1.807) is 25.1 Å². The lowest BCUT2D eigenvalue weighted by atomic mass is 9.98. The molecule has 1 aromatic carbocycles. The summed E-state index contributed by atoms with van der Waals surface area (Å²) in [5.41, 5.74) is 0.604. The molecule has 1 aliphatic heterocycles. The van der Waals surface area contributed by atoms with Crippen molar-refractivity contribution in [3.8, 4) is 11.5 Å². The molecule has 110 valence electrons. The Labute approximate surface area is 117 Å². The van der Waals surface area contributed by atoms with Gasteiger partial charge in [0.1, 0.15) is 12.5 Å². The minimum absolute atomic E-state index is 0.0889. The third-order valence-electron chi connectivity index (χ3n) is 2.84. The van der Waals surface area contributed by atoms with E-state index in [9.17, 15) is 13.5 Å². The number of hydrogen-bond acceptors (Lipinski definition) is 6. The van der Waals surface area contributed by atoms with E-state index in [-0.39, 0.29) is 12.5 Å². The van der Waals surface area contributed by atoms with Crippen LogP contribution in [0.25, 0.3) is 0 Å². The summed E-state index contributed by atoms with van der Waals surface area (Å²) in [5.74, 6) is 0.673. The van der Waals surface area contributed by atoms with Gasteiger partial charge < -0.3 is 14.6 Å². The van der Waals surface area contributed by atoms with Crippen LogP contribution >= 0.6 is 0 Å². The molecule has 7 heteroatoms. The Bertz CT molecular complexity index is 607. The molecule has 0 radical (unpaired) electrons. The van der Waals surface area contributed by atoms with Crippen molar-refractivity contribution in [2.24, 2.45) is 5.92 Å². The number of aliphatic hydroxyl groups is 1. The van der Waals surface area contributed by atoms with E-state index in [4.69, 9.17) is 13.7 Å². The van der Waals surface area contributed by atoms with E-state index < -0.39 is 16.2 Å². The van der Waals surface area contributed by atoms with E-state index in [0.29, 0.717) is 17.1 Å². The van der Waals surface area contributed by atoms with Crippen LogP contribution in [0, 0.1) is 5.92 Å². The Hall–Kier alpha value is -1.57. The summed E-state index contributed by atoms with van der Waals surface area (Å²) in [6, 6.07) is 5.03. The number of ether oxygens (including phenoxy) is 2. The van der Waals surface area contributed by atoms with Crippen molar-refractivity contribution in [2.45, 2.75) is 13.0 Å². The molecule has 1 aromatic rings. The van der Waals surface area contributed by atoms with Gasteiger partial charge in [-0.1, -0.05) is 13.0 Å². The second-order valence-electron chi connectivity index (χ2n) is 4.62. The van der Waals surface area contributed by atoms with Crippen LogP contribution in [0.4, 0.5) is 0 Å². The molecule has 0 bridgehead atoms. The topological polar surface area (TPSA) is 82.1 Å². The third kappa shape index (κ3) is 3.72. The second kappa shape index (κ2) is 5.82. The predicted molar refractivity (Wildman–Crippen MR) is 71.8 cm³/mol. The van der Waals surface area contributed by atoms with Crippen molar-refractivity contribution >= 4 is 10.1 Å². The van der Waals surface area contributed by atoms with Gasteiger partial charge in [0.05, 0.1) is 19.0 Å². The van der Waals surface area contributed by atoms with Gasteiger partial charge in [-0.2, -0.15) is 8.42 Å². The Kier molecular flexibility index (Phi) is 4.32. The van der Waals surface area contributed by atoms with E-state index >= 15 is 0 Å². The summed E-state index contributed by atoms with van der Waals surface area (Å²) in [6.45, 7) is 1.61. The fraction of sp³-hybridized carbons (Fsp3) is 0.385. The average Bonchev–Trinajstić information content (AvgIpc) is 2.42. The molecule has 1 heterocycles. The van der Waals surface area contributed by atoms with E-state index in [1.807, 2.05) is 0 Å². The van der Waals surface area contributed by atoms with E-state index in [0.717, 1.165) is 6.26 Å². The highest BCUT2D eigenvalue weighted by Crippen LogP contribution is 2.34. The molecule has 0 saturated heterocycles. The summed E-state index contributed by atoms with van der Waals surface area (Å²) in [5, 5.41) is 10.2. The fourth-order valence-corrected chi connectivity index (χ4v) is 2.21. The van der Waals surface area contributed by atoms with Gasteiger partial charge in [0, 0.05) is 5.92 Å². The van der Waals surface area contributed by atoms with Crippen LogP contribution in [0.1, 0.15) is 18.6 Å². The SMILES string of the molecule is C[C@H](COS(C)(=O)=O)[C@H](O)c1ccc2c(c1)OC=CO2. The fourth-order valence-electron chi connectivity index (χ4n) is 1.75. The maximum Gasteiger partial charge on any atom is 0.264 e. The van der Waals surface area contributed by atoms with Crippen LogP contribution in [0.5, 0.6) is 11.5 Å². The smallest absolute Gasteiger partial charge is 0.264 e. The monoisotopic (exact) mass is 300 g/mol. The van der Waals surface area contributed by atoms with Gasteiger partial charge in [0.2, 0.25) is 0 Å². The molecule has 20 heavy (non-hydrogen) atoms. The standard InChI is InChI=1S/C13H16O6S/c1-9(8-19-20(2,15)16)13(14)10-3-4-11-12(7-10)18-6-5-17-11/h3-7,9,13-14H,8H2,1-2H3/t9-,13+/m1/s1. The summed E-state index contributed by atoms with van der Waals surface area (Å²) >= 11 is 0. The van der Waals surface area contributed by atoms with Gasteiger partial charge in [-0.3, -0.25) is 4.18 Å². The van der Waals surface area contributed by atoms with Crippen molar-refractivity contribution in [1.29, 1.82) is 0 Å². The van der Waals surface area contributed by atoms with Gasteiger partial charge >= 0.3 is 0 Å². The van der Waals surface area contributed by atoms with Crippen molar-refractivity contribution in [3.05, 3.63) is 36.3 Å². The van der Waals surface area contributed by atoms with Crippen LogP contribution in [0.3, 0.4) is 0 Å². The van der Waals surface area contributed by atoms with Crippen LogP contribution in [-0.2, 0) is 14.3 Å². The van der Waals surface area contributed by atoms with Gasteiger partial charge in [-0.05, 0) is 17.7 Å². The molecule has 0 fully saturated rings.